The van der Waals surface area contributed by atoms with Gasteiger partial charge in [0.1, 0.15) is 0 Å². The van der Waals surface area contributed by atoms with Gasteiger partial charge < -0.3 is 21.3 Å². The molecule has 0 bridgehead atoms. The minimum absolute atomic E-state index is 0.0453. The summed E-state index contributed by atoms with van der Waals surface area (Å²) in [5.74, 6) is 1.22. The van der Waals surface area contributed by atoms with E-state index in [1.807, 2.05) is 11.8 Å². The molecule has 0 aromatic carbocycles. The molecule has 0 saturated carbocycles. The summed E-state index contributed by atoms with van der Waals surface area (Å²) in [6, 6.07) is 0.461. The monoisotopic (exact) mass is 614 g/mol. The first-order valence-corrected chi connectivity index (χ1v) is 18.0. The Kier molecular flexibility index (Phi) is 21.3. The van der Waals surface area contributed by atoms with Crippen LogP contribution in [0.3, 0.4) is 0 Å². The van der Waals surface area contributed by atoms with Gasteiger partial charge in [-0.25, -0.2) is 4.79 Å². The first-order valence-electron chi connectivity index (χ1n) is 16.9. The highest BCUT2D eigenvalue weighted by Crippen LogP contribution is 2.33. The Hall–Kier alpha value is -2.48. The molecule has 4 N–H and O–H groups in total. The lowest BCUT2D eigenvalue weighted by Gasteiger charge is -2.16. The van der Waals surface area contributed by atoms with Crippen molar-refractivity contribution in [2.45, 2.75) is 133 Å². The maximum Gasteiger partial charge on any atom is 0.315 e. The Labute approximate surface area is 265 Å². The third-order valence-corrected chi connectivity index (χ3v) is 9.32. The number of urea groups is 1. The van der Waals surface area contributed by atoms with Crippen molar-refractivity contribution in [3.63, 3.8) is 0 Å². The van der Waals surface area contributed by atoms with E-state index in [1.165, 1.54) is 25.7 Å². The molecule has 7 nitrogen and oxygen atoms in total. The topological polar surface area (TPSA) is 99.3 Å². The molecule has 3 atom stereocenters. The van der Waals surface area contributed by atoms with E-state index < -0.39 is 0 Å². The molecule has 8 heteroatoms. The van der Waals surface area contributed by atoms with Gasteiger partial charge in [-0.2, -0.15) is 11.8 Å². The van der Waals surface area contributed by atoms with Crippen LogP contribution in [-0.2, 0) is 9.59 Å². The van der Waals surface area contributed by atoms with Crippen molar-refractivity contribution in [1.29, 1.82) is 0 Å². The first-order chi connectivity index (χ1) is 21.1. The van der Waals surface area contributed by atoms with Gasteiger partial charge >= 0.3 is 6.03 Å². The van der Waals surface area contributed by atoms with Crippen molar-refractivity contribution in [2.24, 2.45) is 0 Å². The molecule has 0 aromatic heterocycles. The molecule has 3 unspecified atom stereocenters. The number of fused-ring (bicyclic) bond motifs is 1. The van der Waals surface area contributed by atoms with Gasteiger partial charge in [0.2, 0.25) is 11.8 Å². The molecule has 4 amide bonds. The Morgan fingerprint density at radius 1 is 0.721 bits per heavy atom. The minimum atomic E-state index is -0.0453. The van der Waals surface area contributed by atoms with Gasteiger partial charge in [-0.1, -0.05) is 74.8 Å². The van der Waals surface area contributed by atoms with E-state index in [9.17, 15) is 14.4 Å². The van der Waals surface area contributed by atoms with E-state index in [4.69, 9.17) is 0 Å². The standard InChI is InChI=1S/C35H58N4O3S/c1-2-3-4-5-6-7-8-9-10-11-12-13-14-15-16-17-19-25-32(40)36-27-22-18-23-28-37-33(41)26-21-20-24-31-34-30(29-43-31)38-35(42)39-34/h6-7,9-10,12-13,15-16,30-31,34H,2-5,8,11,14,17-29H2,1H3,(H,36,40)(H,37,41)(H2,38,39,42). The Morgan fingerprint density at radius 2 is 1.30 bits per heavy atom. The zero-order valence-electron chi connectivity index (χ0n) is 26.6. The van der Waals surface area contributed by atoms with Crippen molar-refractivity contribution in [2.75, 3.05) is 18.8 Å². The predicted octanol–water partition coefficient (Wildman–Crippen LogP) is 7.26. The second-order valence-electron chi connectivity index (χ2n) is 11.6. The Balaban J connectivity index is 1.30. The van der Waals surface area contributed by atoms with E-state index in [0.717, 1.165) is 76.4 Å². The van der Waals surface area contributed by atoms with Crippen molar-refractivity contribution < 1.29 is 14.4 Å². The maximum absolute atomic E-state index is 12.1. The molecular weight excluding hydrogens is 556 g/mol. The van der Waals surface area contributed by atoms with Crippen LogP contribution in [0.1, 0.15) is 116 Å². The molecule has 0 aromatic rings. The summed E-state index contributed by atoms with van der Waals surface area (Å²) in [5.41, 5.74) is 0. The van der Waals surface area contributed by atoms with Crippen LogP contribution in [0, 0.1) is 0 Å². The zero-order chi connectivity index (χ0) is 30.8. The number of thioether (sulfide) groups is 1. The van der Waals surface area contributed by atoms with E-state index in [0.29, 0.717) is 31.2 Å². The molecule has 242 valence electrons. The number of hydrogen-bond acceptors (Lipinski definition) is 4. The summed E-state index contributed by atoms with van der Waals surface area (Å²) in [4.78, 5) is 35.6. The van der Waals surface area contributed by atoms with Gasteiger partial charge in [-0.3, -0.25) is 9.59 Å². The van der Waals surface area contributed by atoms with Gasteiger partial charge in [0.15, 0.2) is 0 Å². The van der Waals surface area contributed by atoms with Crippen LogP contribution in [0.15, 0.2) is 48.6 Å². The average molecular weight is 615 g/mol. The van der Waals surface area contributed by atoms with Crippen LogP contribution in [0.25, 0.3) is 0 Å². The van der Waals surface area contributed by atoms with Crippen LogP contribution < -0.4 is 21.3 Å². The van der Waals surface area contributed by atoms with Gasteiger partial charge in [0, 0.05) is 36.9 Å². The van der Waals surface area contributed by atoms with Gasteiger partial charge in [0.05, 0.1) is 12.1 Å². The fourth-order valence-electron chi connectivity index (χ4n) is 5.27. The van der Waals surface area contributed by atoms with E-state index in [-0.39, 0.29) is 29.9 Å². The lowest BCUT2D eigenvalue weighted by molar-refractivity contribution is -0.121. The highest BCUT2D eigenvalue weighted by molar-refractivity contribution is 8.00. The molecule has 2 heterocycles. The van der Waals surface area contributed by atoms with Crippen LogP contribution in [-0.4, -0.2) is 54.0 Å². The number of rotatable bonds is 25. The fourth-order valence-corrected chi connectivity index (χ4v) is 6.82. The normalized spacial score (nSPS) is 19.9. The fraction of sp³-hybridized carbons (Fsp3) is 0.686. The molecule has 0 aliphatic carbocycles. The quantitative estimate of drug-likeness (QED) is 0.0494. The van der Waals surface area contributed by atoms with Gasteiger partial charge in [0.25, 0.3) is 0 Å². The molecule has 0 spiro atoms. The summed E-state index contributed by atoms with van der Waals surface area (Å²) in [7, 11) is 0. The number of carbonyl (C=O) groups excluding carboxylic acids is 3. The second kappa shape index (κ2) is 24.9. The summed E-state index contributed by atoms with van der Waals surface area (Å²) < 4.78 is 0. The highest BCUT2D eigenvalue weighted by Gasteiger charge is 2.42. The SMILES string of the molecule is CCCCCC=CCC=CCC=CCC=CCCCC(=O)NCCCCCNC(=O)CCCCC1SCC2NC(=O)NC21. The third kappa shape index (κ3) is 18.7. The molecule has 2 saturated heterocycles. The van der Waals surface area contributed by atoms with E-state index in [1.54, 1.807) is 0 Å². The van der Waals surface area contributed by atoms with E-state index >= 15 is 0 Å². The van der Waals surface area contributed by atoms with Crippen molar-refractivity contribution in [3.05, 3.63) is 48.6 Å². The molecular formula is C35H58N4O3S. The summed E-state index contributed by atoms with van der Waals surface area (Å²) in [6.07, 6.45) is 34.6. The molecule has 2 fully saturated rings. The van der Waals surface area contributed by atoms with Crippen LogP contribution in [0.5, 0.6) is 0 Å². The number of carbonyl (C=O) groups is 3. The van der Waals surface area contributed by atoms with Crippen molar-refractivity contribution >= 4 is 29.6 Å². The smallest absolute Gasteiger partial charge is 0.315 e. The number of amides is 4. The zero-order valence-corrected chi connectivity index (χ0v) is 27.4. The minimum Gasteiger partial charge on any atom is -0.356 e. The summed E-state index contributed by atoms with van der Waals surface area (Å²) in [6.45, 7) is 3.64. The molecule has 0 radical (unpaired) electrons. The largest absolute Gasteiger partial charge is 0.356 e. The Morgan fingerprint density at radius 3 is 1.93 bits per heavy atom. The summed E-state index contributed by atoms with van der Waals surface area (Å²) >= 11 is 1.92. The van der Waals surface area contributed by atoms with E-state index in [2.05, 4.69) is 76.8 Å². The lowest BCUT2D eigenvalue weighted by Crippen LogP contribution is -2.36. The van der Waals surface area contributed by atoms with Gasteiger partial charge in [-0.05, 0) is 77.0 Å². The number of nitrogens with one attached hydrogen (secondary N) is 4. The van der Waals surface area contributed by atoms with Gasteiger partial charge in [-0.15, -0.1) is 0 Å². The molecule has 2 rings (SSSR count). The number of hydrogen-bond donors (Lipinski definition) is 4. The Bertz CT molecular complexity index is 902. The number of unbranched alkanes of at least 4 members (excludes halogenated alkanes) is 7. The van der Waals surface area contributed by atoms with Crippen molar-refractivity contribution in [1.82, 2.24) is 21.3 Å². The highest BCUT2D eigenvalue weighted by atomic mass is 32.2. The summed E-state index contributed by atoms with van der Waals surface area (Å²) in [5, 5.41) is 12.5. The lowest BCUT2D eigenvalue weighted by atomic mass is 10.0. The second-order valence-corrected chi connectivity index (χ2v) is 12.9. The molecule has 2 aliphatic heterocycles. The third-order valence-electron chi connectivity index (χ3n) is 7.81. The first kappa shape index (κ1) is 36.7. The number of allylic oxidation sites excluding steroid dienone is 8. The van der Waals surface area contributed by atoms with Crippen LogP contribution in [0.4, 0.5) is 4.79 Å². The molecule has 2 aliphatic rings. The van der Waals surface area contributed by atoms with Crippen LogP contribution >= 0.6 is 11.8 Å². The van der Waals surface area contributed by atoms with Crippen LogP contribution in [0.2, 0.25) is 0 Å². The predicted molar refractivity (Wildman–Crippen MR) is 182 cm³/mol. The maximum atomic E-state index is 12.1. The average Bonchev–Trinajstić information content (AvgIpc) is 3.55. The molecule has 43 heavy (non-hydrogen) atoms. The van der Waals surface area contributed by atoms with Crippen molar-refractivity contribution in [3.8, 4) is 0 Å².